The molecule has 108 valence electrons. The van der Waals surface area contributed by atoms with Crippen LogP contribution in [0.5, 0.6) is 0 Å². The molecule has 2 aromatic rings. The van der Waals surface area contributed by atoms with Crippen LogP contribution in [0.2, 0.25) is 0 Å². The van der Waals surface area contributed by atoms with Gasteiger partial charge in [0.15, 0.2) is 11.5 Å². The van der Waals surface area contributed by atoms with Crippen molar-refractivity contribution >= 4 is 22.8 Å². The van der Waals surface area contributed by atoms with E-state index in [0.717, 1.165) is 6.42 Å². The molecule has 0 saturated carbocycles. The van der Waals surface area contributed by atoms with Crippen LogP contribution >= 0.6 is 0 Å². The average Bonchev–Trinajstić information content (AvgIpc) is 2.77. The summed E-state index contributed by atoms with van der Waals surface area (Å²) in [5.74, 6) is 0.593. The van der Waals surface area contributed by atoms with Gasteiger partial charge in [-0.25, -0.2) is 9.78 Å². The predicted octanol–water partition coefficient (Wildman–Crippen LogP) is 2.42. The SMILES string of the molecule is CCC(CCO)NC(=O)Nc1ccc2oc(C)nc2c1. The molecule has 3 N–H and O–H groups in total. The Morgan fingerprint density at radius 3 is 3.00 bits per heavy atom. The van der Waals surface area contributed by atoms with Crippen LogP contribution < -0.4 is 10.6 Å². The van der Waals surface area contributed by atoms with Gasteiger partial charge in [0, 0.05) is 25.3 Å². The van der Waals surface area contributed by atoms with Crippen molar-refractivity contribution in [3.63, 3.8) is 0 Å². The van der Waals surface area contributed by atoms with Gasteiger partial charge in [-0.2, -0.15) is 0 Å². The number of hydrogen-bond donors (Lipinski definition) is 3. The number of aliphatic hydroxyl groups excluding tert-OH is 1. The molecule has 6 nitrogen and oxygen atoms in total. The summed E-state index contributed by atoms with van der Waals surface area (Å²) in [6, 6.07) is 4.98. The van der Waals surface area contributed by atoms with Crippen LogP contribution in [0.4, 0.5) is 10.5 Å². The molecule has 0 aliphatic carbocycles. The largest absolute Gasteiger partial charge is 0.441 e. The van der Waals surface area contributed by atoms with Gasteiger partial charge in [0.1, 0.15) is 5.52 Å². The van der Waals surface area contributed by atoms with Crippen LogP contribution in [0, 0.1) is 6.92 Å². The number of aromatic nitrogens is 1. The molecule has 2 rings (SSSR count). The minimum Gasteiger partial charge on any atom is -0.441 e. The number of nitrogens with one attached hydrogen (secondary N) is 2. The molecule has 2 amide bonds. The number of hydrogen-bond acceptors (Lipinski definition) is 4. The third kappa shape index (κ3) is 3.48. The third-order valence-corrected chi connectivity index (χ3v) is 3.06. The van der Waals surface area contributed by atoms with Crippen molar-refractivity contribution in [3.8, 4) is 0 Å². The topological polar surface area (TPSA) is 87.4 Å². The molecule has 1 atom stereocenters. The van der Waals surface area contributed by atoms with Crippen molar-refractivity contribution in [1.82, 2.24) is 10.3 Å². The molecular weight excluding hydrogens is 258 g/mol. The van der Waals surface area contributed by atoms with Crippen LogP contribution in [0.3, 0.4) is 0 Å². The Balaban J connectivity index is 2.01. The predicted molar refractivity (Wildman–Crippen MR) is 76.7 cm³/mol. The molecule has 0 radical (unpaired) electrons. The number of aryl methyl sites for hydroxylation is 1. The lowest BCUT2D eigenvalue weighted by molar-refractivity contribution is 0.237. The number of benzene rings is 1. The second-order valence-electron chi connectivity index (χ2n) is 4.63. The molecule has 0 spiro atoms. The third-order valence-electron chi connectivity index (χ3n) is 3.06. The van der Waals surface area contributed by atoms with Gasteiger partial charge in [-0.15, -0.1) is 0 Å². The Morgan fingerprint density at radius 1 is 1.50 bits per heavy atom. The molecule has 0 aliphatic heterocycles. The van der Waals surface area contributed by atoms with Gasteiger partial charge in [-0.1, -0.05) is 6.92 Å². The van der Waals surface area contributed by atoms with E-state index in [0.29, 0.717) is 29.1 Å². The Morgan fingerprint density at radius 2 is 2.30 bits per heavy atom. The molecule has 1 aromatic heterocycles. The summed E-state index contributed by atoms with van der Waals surface area (Å²) >= 11 is 0. The molecule has 0 fully saturated rings. The van der Waals surface area contributed by atoms with E-state index in [9.17, 15) is 4.79 Å². The summed E-state index contributed by atoms with van der Waals surface area (Å²) in [5, 5.41) is 14.5. The molecule has 0 saturated heterocycles. The Labute approximate surface area is 117 Å². The highest BCUT2D eigenvalue weighted by atomic mass is 16.3. The molecule has 1 aromatic carbocycles. The fraction of sp³-hybridized carbons (Fsp3) is 0.429. The van der Waals surface area contributed by atoms with Crippen molar-refractivity contribution in [3.05, 3.63) is 24.1 Å². The Kier molecular flexibility index (Phi) is 4.57. The molecule has 0 bridgehead atoms. The average molecular weight is 277 g/mol. The summed E-state index contributed by atoms with van der Waals surface area (Å²) in [7, 11) is 0. The maximum Gasteiger partial charge on any atom is 0.319 e. The number of aliphatic hydroxyl groups is 1. The first-order valence-electron chi connectivity index (χ1n) is 6.68. The highest BCUT2D eigenvalue weighted by Gasteiger charge is 2.10. The lowest BCUT2D eigenvalue weighted by Gasteiger charge is -2.16. The van der Waals surface area contributed by atoms with Gasteiger partial charge < -0.3 is 20.2 Å². The maximum atomic E-state index is 11.9. The van der Waals surface area contributed by atoms with Gasteiger partial charge in [0.2, 0.25) is 0 Å². The van der Waals surface area contributed by atoms with Gasteiger partial charge in [-0.05, 0) is 31.0 Å². The van der Waals surface area contributed by atoms with Gasteiger partial charge in [-0.3, -0.25) is 0 Å². The van der Waals surface area contributed by atoms with Crippen molar-refractivity contribution in [2.75, 3.05) is 11.9 Å². The smallest absolute Gasteiger partial charge is 0.319 e. The number of anilines is 1. The van der Waals surface area contributed by atoms with Crippen LogP contribution in [-0.2, 0) is 0 Å². The molecule has 1 heterocycles. The quantitative estimate of drug-likeness (QED) is 0.783. The zero-order valence-corrected chi connectivity index (χ0v) is 11.6. The van der Waals surface area contributed by atoms with Crippen LogP contribution in [0.25, 0.3) is 11.1 Å². The fourth-order valence-electron chi connectivity index (χ4n) is 2.01. The highest BCUT2D eigenvalue weighted by molar-refractivity contribution is 5.91. The number of amides is 2. The second-order valence-corrected chi connectivity index (χ2v) is 4.63. The zero-order chi connectivity index (χ0) is 14.5. The molecule has 6 heteroatoms. The highest BCUT2D eigenvalue weighted by Crippen LogP contribution is 2.19. The summed E-state index contributed by atoms with van der Waals surface area (Å²) in [5.41, 5.74) is 2.06. The van der Waals surface area contributed by atoms with Crippen molar-refractivity contribution in [1.29, 1.82) is 0 Å². The van der Waals surface area contributed by atoms with E-state index in [-0.39, 0.29) is 18.7 Å². The van der Waals surface area contributed by atoms with Crippen molar-refractivity contribution in [2.45, 2.75) is 32.7 Å². The van der Waals surface area contributed by atoms with Gasteiger partial charge >= 0.3 is 6.03 Å². The Hall–Kier alpha value is -2.08. The minimum atomic E-state index is -0.287. The molecule has 1 unspecified atom stereocenters. The van der Waals surface area contributed by atoms with E-state index < -0.39 is 0 Å². The summed E-state index contributed by atoms with van der Waals surface area (Å²) in [4.78, 5) is 16.1. The minimum absolute atomic E-state index is 0.0296. The first-order valence-corrected chi connectivity index (χ1v) is 6.68. The molecule has 0 aliphatic rings. The number of nitrogens with zero attached hydrogens (tertiary/aromatic N) is 1. The monoisotopic (exact) mass is 277 g/mol. The maximum absolute atomic E-state index is 11.9. The van der Waals surface area contributed by atoms with E-state index in [1.165, 1.54) is 0 Å². The standard InChI is InChI=1S/C14H19N3O3/c1-3-10(6-7-18)16-14(19)17-11-4-5-13-12(8-11)15-9(2)20-13/h4-5,8,10,18H,3,6-7H2,1-2H3,(H2,16,17,19). The Bertz CT molecular complexity index is 594. The molecular formula is C14H19N3O3. The number of urea groups is 1. The van der Waals surface area contributed by atoms with Crippen LogP contribution in [0.15, 0.2) is 22.6 Å². The van der Waals surface area contributed by atoms with Gasteiger partial charge in [0.05, 0.1) is 0 Å². The van der Waals surface area contributed by atoms with E-state index in [4.69, 9.17) is 9.52 Å². The first-order chi connectivity index (χ1) is 9.62. The normalized spacial score (nSPS) is 12.3. The summed E-state index contributed by atoms with van der Waals surface area (Å²) in [6.07, 6.45) is 1.32. The van der Waals surface area contributed by atoms with Crippen LogP contribution in [0.1, 0.15) is 25.7 Å². The van der Waals surface area contributed by atoms with E-state index in [2.05, 4.69) is 15.6 Å². The number of fused-ring (bicyclic) bond motifs is 1. The second kappa shape index (κ2) is 6.38. The van der Waals surface area contributed by atoms with E-state index in [1.54, 1.807) is 25.1 Å². The molecule has 20 heavy (non-hydrogen) atoms. The lowest BCUT2D eigenvalue weighted by Crippen LogP contribution is -2.38. The van der Waals surface area contributed by atoms with E-state index >= 15 is 0 Å². The van der Waals surface area contributed by atoms with Crippen LogP contribution in [-0.4, -0.2) is 28.8 Å². The fourth-order valence-corrected chi connectivity index (χ4v) is 2.01. The number of rotatable bonds is 5. The van der Waals surface area contributed by atoms with Crippen molar-refractivity contribution in [2.24, 2.45) is 0 Å². The summed E-state index contributed by atoms with van der Waals surface area (Å²) < 4.78 is 5.37. The number of carbonyl (C=O) groups excluding carboxylic acids is 1. The number of carbonyl (C=O) groups is 1. The first kappa shape index (κ1) is 14.3. The zero-order valence-electron chi connectivity index (χ0n) is 11.6. The number of oxazole rings is 1. The summed E-state index contributed by atoms with van der Waals surface area (Å²) in [6.45, 7) is 3.80. The lowest BCUT2D eigenvalue weighted by atomic mass is 10.2. The van der Waals surface area contributed by atoms with Gasteiger partial charge in [0.25, 0.3) is 0 Å². The van der Waals surface area contributed by atoms with Crippen molar-refractivity contribution < 1.29 is 14.3 Å². The van der Waals surface area contributed by atoms with E-state index in [1.807, 2.05) is 6.92 Å².